The van der Waals surface area contributed by atoms with E-state index in [2.05, 4.69) is 25.7 Å². The van der Waals surface area contributed by atoms with Crippen LogP contribution in [0.5, 0.6) is 0 Å². The van der Waals surface area contributed by atoms with Gasteiger partial charge in [0.15, 0.2) is 0 Å². The highest BCUT2D eigenvalue weighted by molar-refractivity contribution is 5.87. The monoisotopic (exact) mass is 235 g/mol. The first-order valence-corrected chi connectivity index (χ1v) is 6.07. The topological polar surface area (TPSA) is 40.5 Å². The molecule has 0 saturated heterocycles. The van der Waals surface area contributed by atoms with Crippen molar-refractivity contribution in [2.45, 2.75) is 27.3 Å². The molecule has 17 heavy (non-hydrogen) atoms. The minimum atomic E-state index is -0.862. The second kappa shape index (κ2) is 6.40. The number of carboxylic acids is 1. The molecular formula is C14H21NO2. The zero-order chi connectivity index (χ0) is 12.8. The molecule has 0 spiro atoms. The summed E-state index contributed by atoms with van der Waals surface area (Å²) in [6.45, 7) is 9.34. The zero-order valence-corrected chi connectivity index (χ0v) is 10.8. The standard InChI is InChI=1S/C14H21NO2/c1-4-15(9-11(2)3)10-12-6-5-7-13(8-12)14(16)17/h5-8,11H,4,9-10H2,1-3H3,(H,16,17). The third kappa shape index (κ3) is 4.57. The fourth-order valence-electron chi connectivity index (χ4n) is 1.88. The van der Waals surface area contributed by atoms with Gasteiger partial charge >= 0.3 is 5.97 Å². The number of hydrogen-bond acceptors (Lipinski definition) is 2. The van der Waals surface area contributed by atoms with Gasteiger partial charge in [0, 0.05) is 13.1 Å². The van der Waals surface area contributed by atoms with Gasteiger partial charge in [-0.05, 0) is 30.2 Å². The van der Waals surface area contributed by atoms with Gasteiger partial charge in [0.2, 0.25) is 0 Å². The molecule has 3 heteroatoms. The van der Waals surface area contributed by atoms with Crippen molar-refractivity contribution in [2.75, 3.05) is 13.1 Å². The molecule has 0 atom stereocenters. The number of benzene rings is 1. The van der Waals surface area contributed by atoms with Crippen LogP contribution in [0.3, 0.4) is 0 Å². The Morgan fingerprint density at radius 1 is 1.41 bits per heavy atom. The SMILES string of the molecule is CCN(Cc1cccc(C(=O)O)c1)CC(C)C. The van der Waals surface area contributed by atoms with E-state index >= 15 is 0 Å². The molecule has 1 N–H and O–H groups in total. The van der Waals surface area contributed by atoms with Crippen LogP contribution >= 0.6 is 0 Å². The Morgan fingerprint density at radius 3 is 2.65 bits per heavy atom. The summed E-state index contributed by atoms with van der Waals surface area (Å²) >= 11 is 0. The zero-order valence-electron chi connectivity index (χ0n) is 10.8. The van der Waals surface area contributed by atoms with Gasteiger partial charge in [0.25, 0.3) is 0 Å². The summed E-state index contributed by atoms with van der Waals surface area (Å²) in [5.41, 5.74) is 1.43. The molecule has 94 valence electrons. The summed E-state index contributed by atoms with van der Waals surface area (Å²) < 4.78 is 0. The van der Waals surface area contributed by atoms with Gasteiger partial charge in [0.1, 0.15) is 0 Å². The van der Waals surface area contributed by atoms with E-state index in [1.165, 1.54) is 0 Å². The molecule has 0 aliphatic carbocycles. The largest absolute Gasteiger partial charge is 0.478 e. The number of carboxylic acid groups (broad SMARTS) is 1. The first kappa shape index (κ1) is 13.7. The van der Waals surface area contributed by atoms with E-state index in [0.717, 1.165) is 25.2 Å². The van der Waals surface area contributed by atoms with Crippen LogP contribution in [0.2, 0.25) is 0 Å². The van der Waals surface area contributed by atoms with Gasteiger partial charge in [-0.1, -0.05) is 32.9 Å². The molecule has 0 fully saturated rings. The highest BCUT2D eigenvalue weighted by atomic mass is 16.4. The van der Waals surface area contributed by atoms with Crippen LogP contribution in [-0.2, 0) is 6.54 Å². The molecule has 0 amide bonds. The maximum atomic E-state index is 10.9. The summed E-state index contributed by atoms with van der Waals surface area (Å²) in [4.78, 5) is 13.2. The third-order valence-corrected chi connectivity index (χ3v) is 2.65. The minimum Gasteiger partial charge on any atom is -0.478 e. The van der Waals surface area contributed by atoms with Crippen molar-refractivity contribution in [1.29, 1.82) is 0 Å². The maximum Gasteiger partial charge on any atom is 0.335 e. The van der Waals surface area contributed by atoms with E-state index in [9.17, 15) is 4.79 Å². The van der Waals surface area contributed by atoms with Gasteiger partial charge in [-0.3, -0.25) is 4.90 Å². The lowest BCUT2D eigenvalue weighted by molar-refractivity contribution is 0.0696. The Kier molecular flexibility index (Phi) is 5.16. The number of nitrogens with zero attached hydrogens (tertiary/aromatic N) is 1. The van der Waals surface area contributed by atoms with Crippen molar-refractivity contribution in [3.8, 4) is 0 Å². The van der Waals surface area contributed by atoms with Crippen LogP contribution in [0.4, 0.5) is 0 Å². The molecule has 0 aliphatic heterocycles. The molecule has 0 aliphatic rings. The highest BCUT2D eigenvalue weighted by Crippen LogP contribution is 2.10. The van der Waals surface area contributed by atoms with Crippen molar-refractivity contribution in [2.24, 2.45) is 5.92 Å². The second-order valence-corrected chi connectivity index (χ2v) is 4.73. The molecule has 0 heterocycles. The Balaban J connectivity index is 2.72. The molecular weight excluding hydrogens is 214 g/mol. The molecule has 1 rings (SSSR count). The van der Waals surface area contributed by atoms with Crippen LogP contribution in [0, 0.1) is 5.92 Å². The predicted octanol–water partition coefficient (Wildman–Crippen LogP) is 2.86. The van der Waals surface area contributed by atoms with Crippen molar-refractivity contribution in [3.05, 3.63) is 35.4 Å². The van der Waals surface area contributed by atoms with E-state index < -0.39 is 5.97 Å². The lowest BCUT2D eigenvalue weighted by atomic mass is 10.1. The Labute approximate surface area is 103 Å². The summed E-state index contributed by atoms with van der Waals surface area (Å²) in [5, 5.41) is 8.93. The smallest absolute Gasteiger partial charge is 0.335 e. The fraction of sp³-hybridized carbons (Fsp3) is 0.500. The van der Waals surface area contributed by atoms with E-state index in [1.807, 2.05) is 12.1 Å². The van der Waals surface area contributed by atoms with Crippen LogP contribution in [0.1, 0.15) is 36.7 Å². The van der Waals surface area contributed by atoms with Crippen molar-refractivity contribution in [3.63, 3.8) is 0 Å². The van der Waals surface area contributed by atoms with E-state index in [4.69, 9.17) is 5.11 Å². The van der Waals surface area contributed by atoms with Crippen LogP contribution in [0.25, 0.3) is 0 Å². The number of aromatic carboxylic acids is 1. The van der Waals surface area contributed by atoms with E-state index in [1.54, 1.807) is 12.1 Å². The molecule has 0 unspecified atom stereocenters. The number of hydrogen-bond donors (Lipinski definition) is 1. The Hall–Kier alpha value is -1.35. The summed E-state index contributed by atoms with van der Waals surface area (Å²) in [6.07, 6.45) is 0. The molecule has 0 radical (unpaired) electrons. The lowest BCUT2D eigenvalue weighted by Gasteiger charge is -2.22. The van der Waals surface area contributed by atoms with E-state index in [0.29, 0.717) is 11.5 Å². The first-order valence-electron chi connectivity index (χ1n) is 6.07. The van der Waals surface area contributed by atoms with Crippen LogP contribution < -0.4 is 0 Å². The summed E-state index contributed by atoms with van der Waals surface area (Å²) in [7, 11) is 0. The molecule has 0 aromatic heterocycles. The Bertz CT molecular complexity index is 374. The third-order valence-electron chi connectivity index (χ3n) is 2.65. The summed E-state index contributed by atoms with van der Waals surface area (Å²) in [6, 6.07) is 7.17. The van der Waals surface area contributed by atoms with Crippen LogP contribution in [-0.4, -0.2) is 29.1 Å². The molecule has 0 saturated carbocycles. The molecule has 0 bridgehead atoms. The minimum absolute atomic E-state index is 0.364. The van der Waals surface area contributed by atoms with Crippen LogP contribution in [0.15, 0.2) is 24.3 Å². The maximum absolute atomic E-state index is 10.9. The van der Waals surface area contributed by atoms with Gasteiger partial charge in [-0.2, -0.15) is 0 Å². The number of carbonyl (C=O) groups is 1. The Morgan fingerprint density at radius 2 is 2.12 bits per heavy atom. The molecule has 1 aromatic carbocycles. The molecule has 1 aromatic rings. The fourth-order valence-corrected chi connectivity index (χ4v) is 1.88. The van der Waals surface area contributed by atoms with Gasteiger partial charge in [0.05, 0.1) is 5.56 Å². The van der Waals surface area contributed by atoms with Gasteiger partial charge in [-0.25, -0.2) is 4.79 Å². The highest BCUT2D eigenvalue weighted by Gasteiger charge is 2.08. The quantitative estimate of drug-likeness (QED) is 0.824. The lowest BCUT2D eigenvalue weighted by Crippen LogP contribution is -2.27. The van der Waals surface area contributed by atoms with Gasteiger partial charge in [-0.15, -0.1) is 0 Å². The molecule has 3 nitrogen and oxygen atoms in total. The van der Waals surface area contributed by atoms with Crippen molar-refractivity contribution >= 4 is 5.97 Å². The number of rotatable bonds is 6. The summed E-state index contributed by atoms with van der Waals surface area (Å²) in [5.74, 6) is -0.239. The average Bonchev–Trinajstić information content (AvgIpc) is 2.28. The van der Waals surface area contributed by atoms with Crippen molar-refractivity contribution < 1.29 is 9.90 Å². The average molecular weight is 235 g/mol. The van der Waals surface area contributed by atoms with Gasteiger partial charge < -0.3 is 5.11 Å². The first-order chi connectivity index (χ1) is 8.02. The van der Waals surface area contributed by atoms with E-state index in [-0.39, 0.29) is 0 Å². The second-order valence-electron chi connectivity index (χ2n) is 4.73. The van der Waals surface area contributed by atoms with Crippen molar-refractivity contribution in [1.82, 2.24) is 4.90 Å². The normalized spacial score (nSPS) is 11.1. The predicted molar refractivity (Wildman–Crippen MR) is 69.2 cm³/mol.